The molecule has 7 nitrogen and oxygen atoms in total. The van der Waals surface area contributed by atoms with Gasteiger partial charge in [0.25, 0.3) is 5.91 Å². The summed E-state index contributed by atoms with van der Waals surface area (Å²) in [5.41, 5.74) is 3.76. The molecule has 3 aromatic heterocycles. The lowest BCUT2D eigenvalue weighted by molar-refractivity contribution is 0.102. The van der Waals surface area contributed by atoms with Crippen molar-refractivity contribution < 1.29 is 9.18 Å². The summed E-state index contributed by atoms with van der Waals surface area (Å²) in [5, 5.41) is 7.14. The summed E-state index contributed by atoms with van der Waals surface area (Å²) >= 11 is 0. The fourth-order valence-electron chi connectivity index (χ4n) is 3.29. The third-order valence-electron chi connectivity index (χ3n) is 4.86. The van der Waals surface area contributed by atoms with Crippen molar-refractivity contribution in [2.24, 2.45) is 0 Å². The molecule has 1 amide bonds. The number of carbonyl (C=O) groups is 1. The number of rotatable bonds is 6. The summed E-state index contributed by atoms with van der Waals surface area (Å²) in [6.45, 7) is 4.55. The van der Waals surface area contributed by atoms with Gasteiger partial charge in [-0.25, -0.2) is 14.4 Å². The summed E-state index contributed by atoms with van der Waals surface area (Å²) in [6, 6.07) is 11.9. The molecule has 0 aliphatic rings. The first-order chi connectivity index (χ1) is 15.0. The van der Waals surface area contributed by atoms with Gasteiger partial charge in [-0.2, -0.15) is 5.10 Å². The zero-order chi connectivity index (χ0) is 21.8. The highest BCUT2D eigenvalue weighted by Crippen LogP contribution is 2.22. The van der Waals surface area contributed by atoms with Gasteiger partial charge in [0.05, 0.1) is 23.8 Å². The summed E-state index contributed by atoms with van der Waals surface area (Å²) < 4.78 is 14.9. The highest BCUT2D eigenvalue weighted by Gasteiger charge is 2.15. The van der Waals surface area contributed by atoms with Gasteiger partial charge in [-0.05, 0) is 36.8 Å². The Kier molecular flexibility index (Phi) is 5.79. The molecule has 4 aromatic rings. The van der Waals surface area contributed by atoms with Crippen LogP contribution in [-0.4, -0.2) is 30.6 Å². The summed E-state index contributed by atoms with van der Waals surface area (Å²) in [6.07, 6.45) is 6.46. The number of amides is 1. The maximum atomic E-state index is 13.1. The van der Waals surface area contributed by atoms with Gasteiger partial charge in [0.2, 0.25) is 5.95 Å². The van der Waals surface area contributed by atoms with E-state index in [9.17, 15) is 9.18 Å². The average molecular weight is 416 g/mol. The number of aromatic nitrogens is 5. The number of anilines is 1. The lowest BCUT2D eigenvalue weighted by Crippen LogP contribution is -2.16. The van der Waals surface area contributed by atoms with Crippen molar-refractivity contribution in [2.75, 3.05) is 5.32 Å². The number of hydrogen-bond donors (Lipinski definition) is 1. The molecule has 0 saturated heterocycles. The van der Waals surface area contributed by atoms with E-state index in [2.05, 4.69) is 25.4 Å². The third kappa shape index (κ3) is 4.80. The predicted octanol–water partition coefficient (Wildman–Crippen LogP) is 4.24. The van der Waals surface area contributed by atoms with Crippen LogP contribution in [0.25, 0.3) is 11.3 Å². The number of nitrogens with zero attached hydrogens (tertiary/aromatic N) is 5. The average Bonchev–Trinajstić information content (AvgIpc) is 3.24. The van der Waals surface area contributed by atoms with Crippen LogP contribution < -0.4 is 5.32 Å². The highest BCUT2D eigenvalue weighted by atomic mass is 19.1. The molecule has 1 atom stereocenters. The molecule has 31 heavy (non-hydrogen) atoms. The molecule has 0 bridgehead atoms. The van der Waals surface area contributed by atoms with E-state index >= 15 is 0 Å². The van der Waals surface area contributed by atoms with Gasteiger partial charge in [-0.15, -0.1) is 0 Å². The van der Waals surface area contributed by atoms with E-state index in [4.69, 9.17) is 0 Å². The summed E-state index contributed by atoms with van der Waals surface area (Å²) in [4.78, 5) is 25.3. The Bertz CT molecular complexity index is 1190. The zero-order valence-corrected chi connectivity index (χ0v) is 17.2. The van der Waals surface area contributed by atoms with Crippen LogP contribution in [-0.2, 0) is 6.54 Å². The number of nitrogens with one attached hydrogen (secondary N) is 1. The van der Waals surface area contributed by atoms with E-state index in [1.165, 1.54) is 12.3 Å². The number of halogens is 1. The van der Waals surface area contributed by atoms with Crippen molar-refractivity contribution in [3.05, 3.63) is 89.9 Å². The van der Waals surface area contributed by atoms with Crippen LogP contribution in [0.4, 0.5) is 10.3 Å². The molecule has 1 aromatic carbocycles. The molecule has 4 rings (SSSR count). The summed E-state index contributed by atoms with van der Waals surface area (Å²) in [7, 11) is 0. The number of pyridine rings is 1. The smallest absolute Gasteiger partial charge is 0.258 e. The molecule has 0 aliphatic carbocycles. The van der Waals surface area contributed by atoms with E-state index in [1.54, 1.807) is 47.4 Å². The molecule has 0 saturated carbocycles. The molecule has 0 unspecified atom stereocenters. The minimum absolute atomic E-state index is 0.0179. The van der Waals surface area contributed by atoms with Crippen LogP contribution in [0.5, 0.6) is 0 Å². The summed E-state index contributed by atoms with van der Waals surface area (Å²) in [5.74, 6) is -0.354. The molecule has 0 aliphatic heterocycles. The minimum Gasteiger partial charge on any atom is -0.290 e. The fraction of sp³-hybridized carbons (Fsp3) is 0.174. The van der Waals surface area contributed by atoms with Crippen LogP contribution in [0, 0.1) is 12.7 Å². The van der Waals surface area contributed by atoms with E-state index < -0.39 is 0 Å². The largest absolute Gasteiger partial charge is 0.290 e. The van der Waals surface area contributed by atoms with E-state index in [1.807, 2.05) is 26.1 Å². The Morgan fingerprint density at radius 3 is 2.65 bits per heavy atom. The fourth-order valence-corrected chi connectivity index (χ4v) is 3.29. The first kappa shape index (κ1) is 20.3. The molecule has 156 valence electrons. The standard InChI is InChI=1S/C23H21FN6O/c1-15-10-26-23(29-22(31)17-6-4-3-5-7-17)28-21(15)16(2)13-30-14-18(11-27-30)20-9-8-19(24)12-25-20/h3-12,14,16H,13H2,1-2H3,(H,26,28,29,31)/t16-/m0/s1. The number of aryl methyl sites for hydroxylation is 1. The second kappa shape index (κ2) is 8.83. The molecular formula is C23H21FN6O. The lowest BCUT2D eigenvalue weighted by atomic mass is 10.0. The lowest BCUT2D eigenvalue weighted by Gasteiger charge is -2.15. The van der Waals surface area contributed by atoms with Crippen molar-refractivity contribution in [1.29, 1.82) is 0 Å². The number of benzene rings is 1. The van der Waals surface area contributed by atoms with Crippen LogP contribution in [0.3, 0.4) is 0 Å². The van der Waals surface area contributed by atoms with Gasteiger partial charge in [-0.3, -0.25) is 19.8 Å². The van der Waals surface area contributed by atoms with Gasteiger partial charge in [0.15, 0.2) is 0 Å². The van der Waals surface area contributed by atoms with E-state index in [0.29, 0.717) is 17.8 Å². The van der Waals surface area contributed by atoms with Gasteiger partial charge >= 0.3 is 0 Å². The van der Waals surface area contributed by atoms with Gasteiger partial charge < -0.3 is 0 Å². The zero-order valence-electron chi connectivity index (χ0n) is 17.2. The van der Waals surface area contributed by atoms with Crippen LogP contribution in [0.1, 0.15) is 34.5 Å². The van der Waals surface area contributed by atoms with Crippen LogP contribution in [0.15, 0.2) is 67.3 Å². The second-order valence-electron chi connectivity index (χ2n) is 7.30. The minimum atomic E-state index is -0.376. The van der Waals surface area contributed by atoms with Crippen LogP contribution in [0.2, 0.25) is 0 Å². The Morgan fingerprint density at radius 2 is 1.90 bits per heavy atom. The number of carbonyl (C=O) groups excluding carboxylic acids is 1. The monoisotopic (exact) mass is 416 g/mol. The van der Waals surface area contributed by atoms with Crippen molar-refractivity contribution in [3.63, 3.8) is 0 Å². The molecule has 8 heteroatoms. The topological polar surface area (TPSA) is 85.6 Å². The quantitative estimate of drug-likeness (QED) is 0.508. The maximum absolute atomic E-state index is 13.1. The van der Waals surface area contributed by atoms with Gasteiger partial charge in [0, 0.05) is 36.0 Å². The predicted molar refractivity (Wildman–Crippen MR) is 115 cm³/mol. The molecule has 0 spiro atoms. The Morgan fingerprint density at radius 1 is 1.10 bits per heavy atom. The number of hydrogen-bond acceptors (Lipinski definition) is 5. The van der Waals surface area contributed by atoms with Crippen LogP contribution >= 0.6 is 0 Å². The first-order valence-electron chi connectivity index (χ1n) is 9.84. The Balaban J connectivity index is 1.48. The normalized spacial score (nSPS) is 11.8. The molecule has 0 fully saturated rings. The first-order valence-corrected chi connectivity index (χ1v) is 9.84. The van der Waals surface area contributed by atoms with Crippen molar-refractivity contribution >= 4 is 11.9 Å². The van der Waals surface area contributed by atoms with Crippen molar-refractivity contribution in [3.8, 4) is 11.3 Å². The molecule has 0 radical (unpaired) electrons. The molecule has 3 heterocycles. The van der Waals surface area contributed by atoms with Crippen molar-refractivity contribution in [1.82, 2.24) is 24.7 Å². The Hall–Kier alpha value is -3.94. The van der Waals surface area contributed by atoms with E-state index in [-0.39, 0.29) is 23.6 Å². The maximum Gasteiger partial charge on any atom is 0.258 e. The highest BCUT2D eigenvalue weighted by molar-refractivity contribution is 6.03. The molecular weight excluding hydrogens is 395 g/mol. The SMILES string of the molecule is Cc1cnc(NC(=O)c2ccccc2)nc1[C@@H](C)Cn1cc(-c2ccc(F)cn2)cn1. The van der Waals surface area contributed by atoms with Crippen molar-refractivity contribution in [2.45, 2.75) is 26.3 Å². The third-order valence-corrected chi connectivity index (χ3v) is 4.86. The van der Waals surface area contributed by atoms with Gasteiger partial charge in [0.1, 0.15) is 5.82 Å². The molecule has 1 N–H and O–H groups in total. The second-order valence-corrected chi connectivity index (χ2v) is 7.30. The van der Waals surface area contributed by atoms with E-state index in [0.717, 1.165) is 16.8 Å². The van der Waals surface area contributed by atoms with Gasteiger partial charge in [-0.1, -0.05) is 25.1 Å². The Labute approximate surface area is 179 Å².